The molecule has 0 bridgehead atoms. The highest BCUT2D eigenvalue weighted by atomic mass is 35.5. The summed E-state index contributed by atoms with van der Waals surface area (Å²) >= 11 is 5.73. The number of nitrogens with one attached hydrogen (secondary N) is 1. The molecule has 0 aliphatic heterocycles. The van der Waals surface area contributed by atoms with E-state index in [-0.39, 0.29) is 10.7 Å². The van der Waals surface area contributed by atoms with E-state index in [0.29, 0.717) is 10.6 Å². The molecule has 2 rings (SSSR count). The Morgan fingerprint density at radius 2 is 1.67 bits per heavy atom. The minimum atomic E-state index is -3.78. The Bertz CT molecular complexity index is 757. The maximum absolute atomic E-state index is 12.9. The predicted octanol–water partition coefficient (Wildman–Crippen LogP) is 2.83. The highest BCUT2D eigenvalue weighted by molar-refractivity contribution is 7.90. The van der Waals surface area contributed by atoms with Crippen LogP contribution in [0, 0.1) is 5.82 Å². The van der Waals surface area contributed by atoms with E-state index in [1.54, 1.807) is 0 Å². The Morgan fingerprint density at radius 1 is 1.10 bits per heavy atom. The van der Waals surface area contributed by atoms with Crippen molar-refractivity contribution >= 4 is 27.5 Å². The molecule has 0 atom stereocenters. The Morgan fingerprint density at radius 3 is 2.19 bits per heavy atom. The zero-order valence-electron chi connectivity index (χ0n) is 11.0. The molecular weight excluding hydrogens is 315 g/mol. The third-order valence-electron chi connectivity index (χ3n) is 2.70. The van der Waals surface area contributed by atoms with Crippen LogP contribution in [0.15, 0.2) is 58.4 Å². The summed E-state index contributed by atoms with van der Waals surface area (Å²) in [5, 5.41) is 0.442. The molecule has 0 saturated heterocycles. The van der Waals surface area contributed by atoms with Crippen molar-refractivity contribution in [1.29, 1.82) is 0 Å². The van der Waals surface area contributed by atoms with Crippen molar-refractivity contribution in [3.63, 3.8) is 0 Å². The number of rotatable bonds is 3. The van der Waals surface area contributed by atoms with Gasteiger partial charge in [-0.2, -0.15) is 0 Å². The molecule has 0 saturated carbocycles. The van der Waals surface area contributed by atoms with Gasteiger partial charge in [0.25, 0.3) is 10.0 Å². The molecule has 0 aromatic heterocycles. The highest BCUT2D eigenvalue weighted by Crippen LogP contribution is 2.14. The second kappa shape index (κ2) is 6.24. The minimum Gasteiger partial charge on any atom is -0.271 e. The largest absolute Gasteiger partial charge is 0.271 e. The first-order valence-electron chi connectivity index (χ1n) is 5.93. The smallest absolute Gasteiger partial charge is 0.263 e. The van der Waals surface area contributed by atoms with Crippen molar-refractivity contribution in [2.24, 2.45) is 4.99 Å². The summed E-state index contributed by atoms with van der Waals surface area (Å²) in [6.45, 7) is 0. The maximum atomic E-state index is 12.9. The van der Waals surface area contributed by atoms with E-state index < -0.39 is 15.8 Å². The second-order valence-corrected chi connectivity index (χ2v) is 6.26. The third kappa shape index (κ3) is 3.80. The van der Waals surface area contributed by atoms with E-state index in [1.807, 2.05) is 0 Å². The van der Waals surface area contributed by atoms with Crippen LogP contribution in [0.2, 0.25) is 5.02 Å². The van der Waals surface area contributed by atoms with Crippen LogP contribution in [0.1, 0.15) is 5.56 Å². The van der Waals surface area contributed by atoms with Gasteiger partial charge in [0.15, 0.2) is 0 Å². The van der Waals surface area contributed by atoms with Crippen LogP contribution < -0.4 is 4.72 Å². The number of sulfonamides is 1. The Kier molecular flexibility index (Phi) is 4.59. The summed E-state index contributed by atoms with van der Waals surface area (Å²) in [5.41, 5.74) is 0.469. The van der Waals surface area contributed by atoms with Gasteiger partial charge in [0.2, 0.25) is 0 Å². The number of hydrogen-bond acceptors (Lipinski definition) is 3. The van der Waals surface area contributed by atoms with E-state index in [4.69, 9.17) is 11.6 Å². The third-order valence-corrected chi connectivity index (χ3v) is 4.30. The van der Waals surface area contributed by atoms with E-state index in [2.05, 4.69) is 9.71 Å². The number of benzene rings is 2. The lowest BCUT2D eigenvalue weighted by Crippen LogP contribution is -2.31. The number of hydrogen-bond donors (Lipinski definition) is 1. The molecule has 2 aromatic carbocycles. The van der Waals surface area contributed by atoms with Gasteiger partial charge < -0.3 is 0 Å². The van der Waals surface area contributed by atoms with E-state index >= 15 is 0 Å². The van der Waals surface area contributed by atoms with Crippen molar-refractivity contribution < 1.29 is 12.8 Å². The summed E-state index contributed by atoms with van der Waals surface area (Å²) in [7, 11) is -2.33. The number of nitrogens with zero attached hydrogens (tertiary/aromatic N) is 1. The molecule has 0 fully saturated rings. The summed E-state index contributed by atoms with van der Waals surface area (Å²) in [5.74, 6) is -0.278. The average molecular weight is 327 g/mol. The molecule has 110 valence electrons. The quantitative estimate of drug-likeness (QED) is 0.696. The van der Waals surface area contributed by atoms with Crippen molar-refractivity contribution in [2.45, 2.75) is 4.90 Å². The highest BCUT2D eigenvalue weighted by Gasteiger charge is 2.17. The van der Waals surface area contributed by atoms with Gasteiger partial charge in [0.05, 0.1) is 4.90 Å². The topological polar surface area (TPSA) is 58.5 Å². The van der Waals surface area contributed by atoms with Gasteiger partial charge >= 0.3 is 0 Å². The number of aliphatic imine (C=N–C) groups is 1. The molecule has 1 N–H and O–H groups in total. The SMILES string of the molecule is CN=C(NS(=O)(=O)c1ccc(Cl)cc1)c1ccc(F)cc1. The van der Waals surface area contributed by atoms with Crippen LogP contribution in [0.4, 0.5) is 4.39 Å². The summed E-state index contributed by atoms with van der Waals surface area (Å²) in [6.07, 6.45) is 0. The first-order chi connectivity index (χ1) is 9.92. The molecule has 2 aromatic rings. The lowest BCUT2D eigenvalue weighted by molar-refractivity contribution is 0.592. The molecule has 4 nitrogen and oxygen atoms in total. The van der Waals surface area contributed by atoms with Gasteiger partial charge in [-0.3, -0.25) is 9.71 Å². The molecule has 7 heteroatoms. The van der Waals surface area contributed by atoms with E-state index in [1.165, 1.54) is 55.6 Å². The molecule has 0 heterocycles. The van der Waals surface area contributed by atoms with Crippen LogP contribution in [0.25, 0.3) is 0 Å². The van der Waals surface area contributed by atoms with Gasteiger partial charge in [-0.15, -0.1) is 0 Å². The molecule has 0 aliphatic carbocycles. The van der Waals surface area contributed by atoms with Gasteiger partial charge in [0, 0.05) is 17.6 Å². The normalized spacial score (nSPS) is 12.2. The lowest BCUT2D eigenvalue weighted by Gasteiger charge is -2.10. The fraction of sp³-hybridized carbons (Fsp3) is 0.0714. The van der Waals surface area contributed by atoms with E-state index in [0.717, 1.165) is 0 Å². The van der Waals surface area contributed by atoms with Crippen molar-refractivity contribution in [2.75, 3.05) is 7.05 Å². The second-order valence-electron chi connectivity index (χ2n) is 4.14. The van der Waals surface area contributed by atoms with Gasteiger partial charge in [0.1, 0.15) is 11.7 Å². The van der Waals surface area contributed by atoms with Crippen molar-refractivity contribution in [3.05, 3.63) is 64.9 Å². The first-order valence-corrected chi connectivity index (χ1v) is 7.79. The fourth-order valence-corrected chi connectivity index (χ4v) is 2.84. The van der Waals surface area contributed by atoms with Crippen LogP contribution >= 0.6 is 11.6 Å². The summed E-state index contributed by atoms with van der Waals surface area (Å²) in [6, 6.07) is 11.1. The molecule has 0 spiro atoms. The van der Waals surface area contributed by atoms with Crippen LogP contribution in [-0.2, 0) is 10.0 Å². The Hall–Kier alpha value is -1.92. The molecule has 0 radical (unpaired) electrons. The zero-order valence-corrected chi connectivity index (χ0v) is 12.6. The molecule has 21 heavy (non-hydrogen) atoms. The lowest BCUT2D eigenvalue weighted by atomic mass is 10.2. The monoisotopic (exact) mass is 326 g/mol. The zero-order chi connectivity index (χ0) is 15.5. The van der Waals surface area contributed by atoms with Crippen molar-refractivity contribution in [3.8, 4) is 0 Å². The van der Waals surface area contributed by atoms with Gasteiger partial charge in [-0.1, -0.05) is 11.6 Å². The number of halogens is 2. The molecular formula is C14H12ClFN2O2S. The Labute approximate surface area is 127 Å². The predicted molar refractivity (Wildman–Crippen MR) is 80.6 cm³/mol. The minimum absolute atomic E-state index is 0.0650. The Balaban J connectivity index is 2.29. The van der Waals surface area contributed by atoms with Gasteiger partial charge in [-0.05, 0) is 48.5 Å². The molecule has 0 unspecified atom stereocenters. The standard InChI is InChI=1S/C14H12ClFN2O2S/c1-17-14(10-2-6-12(16)7-3-10)18-21(19,20)13-8-4-11(15)5-9-13/h2-9H,1H3,(H,17,18). The number of amidine groups is 1. The maximum Gasteiger partial charge on any atom is 0.263 e. The van der Waals surface area contributed by atoms with Crippen molar-refractivity contribution in [1.82, 2.24) is 4.72 Å². The summed E-state index contributed by atoms with van der Waals surface area (Å²) in [4.78, 5) is 3.96. The molecule has 0 aliphatic rings. The first kappa shape index (κ1) is 15.5. The van der Waals surface area contributed by atoms with E-state index in [9.17, 15) is 12.8 Å². The van der Waals surface area contributed by atoms with Gasteiger partial charge in [-0.25, -0.2) is 12.8 Å². The summed E-state index contributed by atoms with van der Waals surface area (Å²) < 4.78 is 39.8. The fourth-order valence-electron chi connectivity index (χ4n) is 1.64. The molecule has 0 amide bonds. The average Bonchev–Trinajstić information content (AvgIpc) is 2.46. The van der Waals surface area contributed by atoms with Crippen LogP contribution in [0.5, 0.6) is 0 Å². The van der Waals surface area contributed by atoms with Crippen LogP contribution in [-0.4, -0.2) is 21.3 Å². The van der Waals surface area contributed by atoms with Crippen LogP contribution in [0.3, 0.4) is 0 Å².